The molecule has 1 unspecified atom stereocenters. The van der Waals surface area contributed by atoms with Crippen LogP contribution in [0.2, 0.25) is 0 Å². The normalized spacial score (nSPS) is 23.3. The van der Waals surface area contributed by atoms with Crippen LogP contribution in [0.15, 0.2) is 0 Å². The first kappa shape index (κ1) is 11.0. The molecule has 13 heavy (non-hydrogen) atoms. The van der Waals surface area contributed by atoms with Gasteiger partial charge in [0.2, 0.25) is 0 Å². The fourth-order valence-corrected chi connectivity index (χ4v) is 1.86. The third-order valence-electron chi connectivity index (χ3n) is 2.73. The highest BCUT2D eigenvalue weighted by Gasteiger charge is 2.19. The molecule has 1 atom stereocenters. The average Bonchev–Trinajstić information content (AvgIpc) is 2.18. The number of aliphatic hydroxyl groups is 1. The van der Waals surface area contributed by atoms with Crippen molar-refractivity contribution in [1.29, 1.82) is 0 Å². The summed E-state index contributed by atoms with van der Waals surface area (Å²) < 4.78 is 0. The Hall–Kier alpha value is -0.120. The predicted molar refractivity (Wildman–Crippen MR) is 54.6 cm³/mol. The maximum atomic E-state index is 9.61. The highest BCUT2D eigenvalue weighted by atomic mass is 16.3. The van der Waals surface area contributed by atoms with E-state index < -0.39 is 0 Å². The molecular weight excluding hydrogens is 164 g/mol. The minimum Gasteiger partial charge on any atom is -0.378 e. The maximum Gasteiger partial charge on any atom is 0.107 e. The minimum absolute atomic E-state index is 0.219. The van der Waals surface area contributed by atoms with Crippen LogP contribution in [-0.2, 0) is 0 Å². The van der Waals surface area contributed by atoms with Crippen LogP contribution in [0.3, 0.4) is 0 Å². The van der Waals surface area contributed by atoms with Crippen molar-refractivity contribution in [2.45, 2.75) is 32.9 Å². The zero-order valence-electron chi connectivity index (χ0n) is 8.87. The van der Waals surface area contributed by atoms with E-state index >= 15 is 0 Å². The van der Waals surface area contributed by atoms with Gasteiger partial charge in [0, 0.05) is 26.2 Å². The molecule has 1 N–H and O–H groups in total. The minimum atomic E-state index is -0.219. The third-order valence-corrected chi connectivity index (χ3v) is 2.73. The van der Waals surface area contributed by atoms with Crippen LogP contribution in [-0.4, -0.2) is 53.9 Å². The van der Waals surface area contributed by atoms with Crippen molar-refractivity contribution in [2.75, 3.05) is 32.7 Å². The molecule has 0 aromatic rings. The molecule has 1 heterocycles. The van der Waals surface area contributed by atoms with Gasteiger partial charge in [0.25, 0.3) is 0 Å². The number of rotatable bonds is 4. The molecule has 1 aliphatic rings. The molecule has 0 radical (unpaired) electrons. The Balaban J connectivity index is 2.22. The summed E-state index contributed by atoms with van der Waals surface area (Å²) in [5.41, 5.74) is 0. The lowest BCUT2D eigenvalue weighted by molar-refractivity contribution is -0.0267. The Kier molecular flexibility index (Phi) is 4.70. The molecular formula is C10H22N2O. The lowest BCUT2D eigenvalue weighted by Gasteiger charge is -2.36. The van der Waals surface area contributed by atoms with Gasteiger partial charge in [-0.1, -0.05) is 13.8 Å². The summed E-state index contributed by atoms with van der Waals surface area (Å²) in [6.07, 6.45) is 1.85. The Morgan fingerprint density at radius 1 is 1.15 bits per heavy atom. The summed E-state index contributed by atoms with van der Waals surface area (Å²) in [4.78, 5) is 4.64. The fourth-order valence-electron chi connectivity index (χ4n) is 1.86. The molecule has 0 spiro atoms. The zero-order chi connectivity index (χ0) is 9.68. The second-order valence-corrected chi connectivity index (χ2v) is 3.77. The Morgan fingerprint density at radius 2 is 1.77 bits per heavy atom. The van der Waals surface area contributed by atoms with Gasteiger partial charge in [-0.15, -0.1) is 0 Å². The molecule has 1 saturated heterocycles. The average molecular weight is 186 g/mol. The van der Waals surface area contributed by atoms with Crippen molar-refractivity contribution in [1.82, 2.24) is 9.80 Å². The summed E-state index contributed by atoms with van der Waals surface area (Å²) >= 11 is 0. The van der Waals surface area contributed by atoms with E-state index in [1.807, 2.05) is 6.92 Å². The van der Waals surface area contributed by atoms with Crippen molar-refractivity contribution in [3.63, 3.8) is 0 Å². The number of aliphatic hydroxyl groups excluding tert-OH is 1. The van der Waals surface area contributed by atoms with Crippen LogP contribution >= 0.6 is 0 Å². The maximum absolute atomic E-state index is 9.61. The summed E-state index contributed by atoms with van der Waals surface area (Å²) in [6.45, 7) is 9.73. The molecule has 1 rings (SSSR count). The van der Waals surface area contributed by atoms with Gasteiger partial charge in [0.05, 0.1) is 0 Å². The van der Waals surface area contributed by atoms with E-state index in [0.717, 1.165) is 32.6 Å². The van der Waals surface area contributed by atoms with E-state index in [4.69, 9.17) is 0 Å². The monoisotopic (exact) mass is 186 g/mol. The molecule has 3 nitrogen and oxygen atoms in total. The first-order valence-corrected chi connectivity index (χ1v) is 5.42. The van der Waals surface area contributed by atoms with Gasteiger partial charge in [-0.2, -0.15) is 0 Å². The first-order chi connectivity index (χ1) is 6.27. The number of hydrogen-bond donors (Lipinski definition) is 1. The topological polar surface area (TPSA) is 26.7 Å². The zero-order valence-corrected chi connectivity index (χ0v) is 8.87. The van der Waals surface area contributed by atoms with Crippen LogP contribution in [0.4, 0.5) is 0 Å². The standard InChI is InChI=1S/C10H22N2O/c1-3-5-11-6-8-12(9-7-11)10(13)4-2/h10,13H,3-9H2,1-2H3. The Labute approximate surface area is 81.3 Å². The van der Waals surface area contributed by atoms with Gasteiger partial charge < -0.3 is 10.0 Å². The Morgan fingerprint density at radius 3 is 2.23 bits per heavy atom. The van der Waals surface area contributed by atoms with Gasteiger partial charge >= 0.3 is 0 Å². The summed E-state index contributed by atoms with van der Waals surface area (Å²) in [5, 5.41) is 9.61. The van der Waals surface area contributed by atoms with Gasteiger partial charge in [-0.3, -0.25) is 4.90 Å². The molecule has 3 heteroatoms. The molecule has 0 aromatic carbocycles. The molecule has 1 fully saturated rings. The molecule has 0 saturated carbocycles. The van der Waals surface area contributed by atoms with E-state index in [-0.39, 0.29) is 6.23 Å². The van der Waals surface area contributed by atoms with Gasteiger partial charge in [0.1, 0.15) is 6.23 Å². The number of hydrogen-bond acceptors (Lipinski definition) is 3. The van der Waals surface area contributed by atoms with E-state index in [1.54, 1.807) is 0 Å². The molecule has 78 valence electrons. The van der Waals surface area contributed by atoms with Crippen molar-refractivity contribution < 1.29 is 5.11 Å². The highest BCUT2D eigenvalue weighted by Crippen LogP contribution is 2.06. The van der Waals surface area contributed by atoms with E-state index in [0.29, 0.717) is 0 Å². The van der Waals surface area contributed by atoms with Crippen molar-refractivity contribution in [3.8, 4) is 0 Å². The molecule has 0 amide bonds. The van der Waals surface area contributed by atoms with Crippen LogP contribution < -0.4 is 0 Å². The lowest BCUT2D eigenvalue weighted by Crippen LogP contribution is -2.50. The van der Waals surface area contributed by atoms with Gasteiger partial charge in [-0.05, 0) is 19.4 Å². The van der Waals surface area contributed by atoms with Crippen LogP contribution in [0.25, 0.3) is 0 Å². The Bertz CT molecular complexity index is 133. The molecule has 1 aliphatic heterocycles. The molecule has 0 bridgehead atoms. The predicted octanol–water partition coefficient (Wildman–Crippen LogP) is 0.742. The third kappa shape index (κ3) is 3.25. The largest absolute Gasteiger partial charge is 0.378 e. The summed E-state index contributed by atoms with van der Waals surface area (Å²) in [5.74, 6) is 0. The molecule has 0 aromatic heterocycles. The van der Waals surface area contributed by atoms with E-state index in [9.17, 15) is 5.11 Å². The SMILES string of the molecule is CCCN1CCN(C(O)CC)CC1. The second kappa shape index (κ2) is 5.58. The smallest absolute Gasteiger partial charge is 0.107 e. The molecule has 0 aliphatic carbocycles. The lowest BCUT2D eigenvalue weighted by atomic mass is 10.2. The van der Waals surface area contributed by atoms with Gasteiger partial charge in [-0.25, -0.2) is 0 Å². The quantitative estimate of drug-likeness (QED) is 0.701. The second-order valence-electron chi connectivity index (χ2n) is 3.77. The van der Waals surface area contributed by atoms with Crippen LogP contribution in [0, 0.1) is 0 Å². The van der Waals surface area contributed by atoms with Crippen molar-refractivity contribution in [2.24, 2.45) is 0 Å². The summed E-state index contributed by atoms with van der Waals surface area (Å²) in [7, 11) is 0. The highest BCUT2D eigenvalue weighted by molar-refractivity contribution is 4.72. The summed E-state index contributed by atoms with van der Waals surface area (Å²) in [6, 6.07) is 0. The van der Waals surface area contributed by atoms with Gasteiger partial charge in [0.15, 0.2) is 0 Å². The van der Waals surface area contributed by atoms with E-state index in [1.165, 1.54) is 13.0 Å². The van der Waals surface area contributed by atoms with Crippen molar-refractivity contribution >= 4 is 0 Å². The fraction of sp³-hybridized carbons (Fsp3) is 1.00. The number of nitrogens with zero attached hydrogens (tertiary/aromatic N) is 2. The van der Waals surface area contributed by atoms with Crippen molar-refractivity contribution in [3.05, 3.63) is 0 Å². The first-order valence-electron chi connectivity index (χ1n) is 5.42. The van der Waals surface area contributed by atoms with Crippen LogP contribution in [0.5, 0.6) is 0 Å². The van der Waals surface area contributed by atoms with E-state index in [2.05, 4.69) is 16.7 Å². The van der Waals surface area contributed by atoms with Crippen LogP contribution in [0.1, 0.15) is 26.7 Å². The number of piperazine rings is 1.